The Hall–Kier alpha value is -1.48. The molecule has 0 radical (unpaired) electrons. The largest absolute Gasteiger partial charge is 0.397 e. The molecule has 4 saturated heterocycles. The summed E-state index contributed by atoms with van der Waals surface area (Å²) in [7, 11) is -4.88. The molecule has 24 nitrogen and oxygen atoms in total. The molecule has 438 valence electrons. The van der Waals surface area contributed by atoms with E-state index in [1.807, 2.05) is 13.8 Å². The van der Waals surface area contributed by atoms with Gasteiger partial charge < -0.3 is 94.1 Å². The minimum Gasteiger partial charge on any atom is -0.389 e. The van der Waals surface area contributed by atoms with Gasteiger partial charge in [0.05, 0.1) is 36.1 Å². The van der Waals surface area contributed by atoms with Crippen LogP contribution in [-0.4, -0.2) is 215 Å². The van der Waals surface area contributed by atoms with Crippen LogP contribution in [0.2, 0.25) is 0 Å². The SMILES string of the molecule is CC(C)CC(=O)C[C@](C)(O)[C@H]1CC[C@H]2[C@@H]3C[C@H](O[C@@H]4O[C@@H](C)C(O)(O)[C@H](O[C@@H]5O[C@@H](C)[C@H](O[C@H]6O[C@H](C)[C@H](O)[C@H](O)[C@H]6O)[C@@H](O)[C@@H]5O[C@H]5O[C@H](C)[C@@H](O)[C@H](O)[C@H]5O)[C@H]4O)[C@H]4C[C@@H](OS(=O)(=O)O)CC[C@]4(C)C3=CC[C@@]21C. The number of ketones is 1. The normalized spacial score (nSPS) is 50.5. The fourth-order valence-corrected chi connectivity index (χ4v) is 15.1. The van der Waals surface area contributed by atoms with Gasteiger partial charge in [0.15, 0.2) is 25.2 Å². The van der Waals surface area contributed by atoms with Crippen molar-refractivity contribution in [1.29, 1.82) is 0 Å². The van der Waals surface area contributed by atoms with Crippen molar-refractivity contribution in [3.63, 3.8) is 0 Å². The van der Waals surface area contributed by atoms with Crippen molar-refractivity contribution >= 4 is 16.2 Å². The number of allylic oxidation sites excluding steroid dienone is 2. The average Bonchev–Trinajstić information content (AvgIpc) is 3.70. The van der Waals surface area contributed by atoms with Crippen molar-refractivity contribution < 1.29 is 116 Å². The smallest absolute Gasteiger partial charge is 0.389 e. The summed E-state index contributed by atoms with van der Waals surface area (Å²) in [6, 6.07) is 0. The summed E-state index contributed by atoms with van der Waals surface area (Å²) in [6.07, 6.45) is -28.3. The Kier molecular flexibility index (Phi) is 17.8. The van der Waals surface area contributed by atoms with Crippen LogP contribution in [0.1, 0.15) is 120 Å². The molecule has 12 N–H and O–H groups in total. The molecule has 8 aliphatic rings. The molecular weight excluding hydrogens is 1030 g/mol. The Morgan fingerprint density at radius 1 is 0.711 bits per heavy atom. The fraction of sp³-hybridized carbons (Fsp3) is 0.941. The second kappa shape index (κ2) is 22.4. The fourth-order valence-electron chi connectivity index (χ4n) is 14.6. The zero-order valence-electron chi connectivity index (χ0n) is 44.6. The molecule has 0 spiro atoms. The van der Waals surface area contributed by atoms with Crippen molar-refractivity contribution in [3.8, 4) is 0 Å². The van der Waals surface area contributed by atoms with Crippen LogP contribution >= 0.6 is 0 Å². The third-order valence-electron chi connectivity index (χ3n) is 18.7. The highest BCUT2D eigenvalue weighted by molar-refractivity contribution is 7.80. The Morgan fingerprint density at radius 2 is 1.28 bits per heavy atom. The number of ether oxygens (including phenoxy) is 8. The molecule has 8 rings (SSSR count). The van der Waals surface area contributed by atoms with E-state index in [-0.39, 0.29) is 48.7 Å². The second-order valence-electron chi connectivity index (χ2n) is 24.5. The molecule has 0 aromatic rings. The van der Waals surface area contributed by atoms with Crippen LogP contribution in [0.25, 0.3) is 0 Å². The highest BCUT2D eigenvalue weighted by Gasteiger charge is 2.64. The summed E-state index contributed by atoms with van der Waals surface area (Å²) in [5, 5.41) is 124. The zero-order chi connectivity index (χ0) is 56.1. The number of aliphatic hydroxyl groups is 11. The van der Waals surface area contributed by atoms with E-state index in [1.165, 1.54) is 27.7 Å². The first-order chi connectivity index (χ1) is 35.2. The van der Waals surface area contributed by atoms with Gasteiger partial charge in [-0.2, -0.15) is 8.42 Å². The van der Waals surface area contributed by atoms with Crippen LogP contribution in [0.15, 0.2) is 11.6 Å². The minimum absolute atomic E-state index is 0.0109. The van der Waals surface area contributed by atoms with E-state index in [1.54, 1.807) is 6.92 Å². The lowest BCUT2D eigenvalue weighted by atomic mass is 9.47. The van der Waals surface area contributed by atoms with Gasteiger partial charge in [0.25, 0.3) is 0 Å². The monoisotopic (exact) mass is 1110 g/mol. The summed E-state index contributed by atoms with van der Waals surface area (Å²) >= 11 is 0. The van der Waals surface area contributed by atoms with Gasteiger partial charge in [-0.05, 0) is 120 Å². The average molecular weight is 1110 g/mol. The second-order valence-corrected chi connectivity index (χ2v) is 25.5. The number of hydrogen-bond donors (Lipinski definition) is 12. The van der Waals surface area contributed by atoms with Crippen molar-refractivity contribution in [3.05, 3.63) is 11.6 Å². The van der Waals surface area contributed by atoms with E-state index in [0.29, 0.717) is 38.5 Å². The first-order valence-corrected chi connectivity index (χ1v) is 28.3. The lowest BCUT2D eigenvalue weighted by molar-refractivity contribution is -0.431. The Bertz CT molecular complexity index is 2180. The van der Waals surface area contributed by atoms with Crippen molar-refractivity contribution in [2.45, 2.75) is 260 Å². The van der Waals surface area contributed by atoms with E-state index in [2.05, 4.69) is 19.9 Å². The number of carbonyl (C=O) groups excluding carboxylic acids is 1. The number of hydrogen-bond acceptors (Lipinski definition) is 23. The van der Waals surface area contributed by atoms with Gasteiger partial charge >= 0.3 is 10.4 Å². The van der Waals surface area contributed by atoms with Gasteiger partial charge in [0.2, 0.25) is 5.79 Å². The standard InChI is InChI=1S/C51H84O24S/c1-20(2)16-25(52)19-50(9,61)32-11-10-28-27-18-31(30-17-26(75-76(64,65)66)12-14-48(30,7)29(27)13-15-49(28,32)8)71-46-40(60)43(51(62,63)24(6)70-46)74-47-42(73-45-38(58)36(56)34(54)22(4)68-45)39(59)41(23(5)69-47)72-44-37(57)35(55)33(53)21(3)67-44/h13,20-24,26-28,30-47,53-63H,10-12,14-19H2,1-9H3,(H,64,65,66)/t21-,22-,23+,24+,26+,27+,28+,30-,31+,32+,33+,34-,35+,36+,37-,38-,39-,40-,41+,42+,43-,44-,45-,46+,47+,48-,49+,50+/m1/s1. The third-order valence-corrected chi connectivity index (χ3v) is 19.2. The van der Waals surface area contributed by atoms with Crippen LogP contribution < -0.4 is 0 Å². The molecule has 4 aliphatic heterocycles. The molecule has 4 aliphatic carbocycles. The quantitative estimate of drug-likeness (QED) is 0.0543. The first-order valence-electron chi connectivity index (χ1n) is 26.9. The van der Waals surface area contributed by atoms with Crippen molar-refractivity contribution in [2.75, 3.05) is 0 Å². The minimum atomic E-state index is -4.88. The molecule has 0 bridgehead atoms. The molecule has 4 heterocycles. The summed E-state index contributed by atoms with van der Waals surface area (Å²) < 4.78 is 87.9. The van der Waals surface area contributed by atoms with Gasteiger partial charge in [-0.1, -0.05) is 39.3 Å². The molecule has 0 amide bonds. The van der Waals surface area contributed by atoms with Crippen LogP contribution in [0, 0.1) is 40.4 Å². The lowest BCUT2D eigenvalue weighted by Crippen LogP contribution is -2.70. The number of aliphatic hydroxyl groups excluding tert-OH is 8. The highest BCUT2D eigenvalue weighted by atomic mass is 32.3. The Morgan fingerprint density at radius 3 is 1.86 bits per heavy atom. The molecule has 28 atom stereocenters. The maximum atomic E-state index is 13.2. The van der Waals surface area contributed by atoms with Gasteiger partial charge in [-0.3, -0.25) is 9.35 Å². The molecule has 25 heteroatoms. The molecule has 7 fully saturated rings. The first kappa shape index (κ1) is 60.6. The van der Waals surface area contributed by atoms with E-state index in [4.69, 9.17) is 42.1 Å². The molecule has 76 heavy (non-hydrogen) atoms. The topological polar surface area (TPSA) is 377 Å². The van der Waals surface area contributed by atoms with Crippen molar-refractivity contribution in [2.24, 2.45) is 40.4 Å². The maximum absolute atomic E-state index is 13.2. The molecular formula is C51H84O24S. The van der Waals surface area contributed by atoms with Gasteiger partial charge in [-0.15, -0.1) is 0 Å². The van der Waals surface area contributed by atoms with Crippen LogP contribution in [-0.2, 0) is 57.3 Å². The molecule has 0 aromatic carbocycles. The van der Waals surface area contributed by atoms with Crippen LogP contribution in [0.5, 0.6) is 0 Å². The summed E-state index contributed by atoms with van der Waals surface area (Å²) in [6.45, 7) is 15.3. The van der Waals surface area contributed by atoms with E-state index in [0.717, 1.165) is 5.57 Å². The zero-order valence-corrected chi connectivity index (χ0v) is 45.4. The Labute approximate surface area is 443 Å². The van der Waals surface area contributed by atoms with Crippen LogP contribution in [0.3, 0.4) is 0 Å². The van der Waals surface area contributed by atoms with Gasteiger partial charge in [0.1, 0.15) is 79.0 Å². The highest BCUT2D eigenvalue weighted by Crippen LogP contribution is 2.67. The molecule has 3 saturated carbocycles. The number of Topliss-reactive ketones (excluding diaryl/α,β-unsaturated/α-hetero) is 1. The van der Waals surface area contributed by atoms with Gasteiger partial charge in [0, 0.05) is 12.8 Å². The molecule has 0 unspecified atom stereocenters. The summed E-state index contributed by atoms with van der Waals surface area (Å²) in [5.41, 5.74) is -1.28. The summed E-state index contributed by atoms with van der Waals surface area (Å²) in [5.74, 6) is -3.88. The number of fused-ring (bicyclic) bond motifs is 5. The number of carbonyl (C=O) groups is 1. The van der Waals surface area contributed by atoms with Gasteiger partial charge in [-0.25, -0.2) is 4.18 Å². The predicted octanol–water partition coefficient (Wildman–Crippen LogP) is -0.792. The Balaban J connectivity index is 1.09. The summed E-state index contributed by atoms with van der Waals surface area (Å²) in [4.78, 5) is 13.2. The molecule has 0 aromatic heterocycles. The van der Waals surface area contributed by atoms with E-state index < -0.39 is 167 Å². The van der Waals surface area contributed by atoms with Crippen LogP contribution in [0.4, 0.5) is 0 Å². The van der Waals surface area contributed by atoms with Crippen molar-refractivity contribution in [1.82, 2.24) is 0 Å². The lowest BCUT2D eigenvalue weighted by Gasteiger charge is -2.60. The number of rotatable bonds is 15. The van der Waals surface area contributed by atoms with E-state index in [9.17, 15) is 73.9 Å². The predicted molar refractivity (Wildman–Crippen MR) is 259 cm³/mol. The third kappa shape index (κ3) is 11.5. The van der Waals surface area contributed by atoms with E-state index >= 15 is 0 Å². The maximum Gasteiger partial charge on any atom is 0.397 e.